The summed E-state index contributed by atoms with van der Waals surface area (Å²) < 4.78 is 0. The van der Waals surface area contributed by atoms with E-state index in [1.54, 1.807) is 0 Å². The number of allylic oxidation sites excluding steroid dienone is 6. The van der Waals surface area contributed by atoms with Crippen molar-refractivity contribution in [3.63, 3.8) is 0 Å². The Balaban J connectivity index is -0.000000602. The van der Waals surface area contributed by atoms with Gasteiger partial charge in [0.25, 0.3) is 0 Å². The molecular weight excluding hydrogens is 288 g/mol. The minimum absolute atomic E-state index is 0. The molecule has 0 saturated heterocycles. The van der Waals surface area contributed by atoms with Crippen molar-refractivity contribution in [3.8, 4) is 0 Å². The number of aliphatic carboxylic acids is 1. The quantitative estimate of drug-likeness (QED) is 0.276. The van der Waals surface area contributed by atoms with E-state index in [0.29, 0.717) is 6.42 Å². The molecule has 0 amide bonds. The van der Waals surface area contributed by atoms with Gasteiger partial charge in [-0.3, -0.25) is 4.79 Å². The van der Waals surface area contributed by atoms with E-state index in [-0.39, 0.29) is 40.6 Å². The van der Waals surface area contributed by atoms with Crippen LogP contribution in [0.5, 0.6) is 0 Å². The summed E-state index contributed by atoms with van der Waals surface area (Å²) in [5, 5.41) is 8.50. The topological polar surface area (TPSA) is 37.3 Å². The van der Waals surface area contributed by atoms with Crippen molar-refractivity contribution in [1.29, 1.82) is 0 Å². The molecule has 118 valence electrons. The van der Waals surface area contributed by atoms with Crippen LogP contribution in [0.25, 0.3) is 0 Å². The summed E-state index contributed by atoms with van der Waals surface area (Å²) >= 11 is 0. The zero-order chi connectivity index (χ0) is 14.9. The standard InChI is InChI=1S/C18H30O2.Ca.2H/c1-2-3-4-5-6-7-8-9-10-11-12-13-14-15-16-17-18(19)20;;;/h5-10H,2-4,11-17H2,1H3,(H,19,20);;;/q;+2;2*-1. The van der Waals surface area contributed by atoms with E-state index < -0.39 is 5.97 Å². The van der Waals surface area contributed by atoms with Gasteiger partial charge in [-0.05, 0) is 25.7 Å². The van der Waals surface area contributed by atoms with E-state index in [4.69, 9.17) is 5.11 Å². The largest absolute Gasteiger partial charge is 2.00 e. The van der Waals surface area contributed by atoms with Gasteiger partial charge >= 0.3 is 43.7 Å². The van der Waals surface area contributed by atoms with Crippen molar-refractivity contribution < 1.29 is 12.8 Å². The van der Waals surface area contributed by atoms with Crippen LogP contribution in [0.4, 0.5) is 0 Å². The zero-order valence-electron chi connectivity index (χ0n) is 15.6. The van der Waals surface area contributed by atoms with Crippen LogP contribution in [0.2, 0.25) is 0 Å². The second kappa shape index (κ2) is 19.9. The van der Waals surface area contributed by atoms with Crippen LogP contribution in [0, 0.1) is 0 Å². The first kappa shape index (κ1) is 23.2. The average Bonchev–Trinajstić information content (AvgIpc) is 2.43. The first-order chi connectivity index (χ1) is 9.77. The Bertz CT molecular complexity index is 316. The number of hydrogen-bond donors (Lipinski definition) is 1. The van der Waals surface area contributed by atoms with E-state index in [1.807, 2.05) is 0 Å². The molecule has 0 aliphatic heterocycles. The summed E-state index contributed by atoms with van der Waals surface area (Å²) in [6.07, 6.45) is 23.3. The van der Waals surface area contributed by atoms with Crippen molar-refractivity contribution in [2.24, 2.45) is 0 Å². The number of carboxylic acid groups (broad SMARTS) is 1. The molecule has 0 aliphatic carbocycles. The van der Waals surface area contributed by atoms with Gasteiger partial charge in [-0.1, -0.05) is 75.5 Å². The van der Waals surface area contributed by atoms with E-state index in [0.717, 1.165) is 25.7 Å². The van der Waals surface area contributed by atoms with Gasteiger partial charge in [0.15, 0.2) is 0 Å². The second-order valence-corrected chi connectivity index (χ2v) is 5.08. The summed E-state index contributed by atoms with van der Waals surface area (Å²) in [7, 11) is 0. The SMILES string of the molecule is CCCCC=CC=CC=CCCCCCCCC(=O)O.[Ca+2].[H-].[H-]. The molecule has 0 aliphatic rings. The van der Waals surface area contributed by atoms with Crippen molar-refractivity contribution in [2.75, 3.05) is 0 Å². The summed E-state index contributed by atoms with van der Waals surface area (Å²) in [5.41, 5.74) is 0. The zero-order valence-corrected chi connectivity index (χ0v) is 15.8. The van der Waals surface area contributed by atoms with Crippen molar-refractivity contribution >= 4 is 43.7 Å². The Morgan fingerprint density at radius 2 is 1.38 bits per heavy atom. The molecule has 0 atom stereocenters. The fraction of sp³-hybridized carbons (Fsp3) is 0.611. The number of carbonyl (C=O) groups is 1. The molecule has 0 unspecified atom stereocenters. The van der Waals surface area contributed by atoms with Crippen LogP contribution >= 0.6 is 0 Å². The Morgan fingerprint density at radius 1 is 0.857 bits per heavy atom. The molecule has 0 rings (SSSR count). The minimum Gasteiger partial charge on any atom is -1.00 e. The number of unbranched alkanes of at least 4 members (excludes halogenated alkanes) is 7. The fourth-order valence-corrected chi connectivity index (χ4v) is 1.87. The monoisotopic (exact) mass is 320 g/mol. The van der Waals surface area contributed by atoms with Crippen molar-refractivity contribution in [3.05, 3.63) is 36.5 Å². The Morgan fingerprint density at radius 3 is 1.95 bits per heavy atom. The molecule has 0 bridgehead atoms. The maximum atomic E-state index is 10.3. The van der Waals surface area contributed by atoms with E-state index in [9.17, 15) is 4.79 Å². The third-order valence-corrected chi connectivity index (χ3v) is 3.09. The predicted octanol–water partition coefficient (Wildman–Crippen LogP) is 5.50. The molecule has 0 aromatic rings. The van der Waals surface area contributed by atoms with Crippen LogP contribution in [-0.4, -0.2) is 48.8 Å². The molecule has 0 heterocycles. The van der Waals surface area contributed by atoms with Crippen molar-refractivity contribution in [2.45, 2.75) is 71.1 Å². The summed E-state index contributed by atoms with van der Waals surface area (Å²) in [6.45, 7) is 2.21. The van der Waals surface area contributed by atoms with Crippen LogP contribution in [0.3, 0.4) is 0 Å². The first-order valence-corrected chi connectivity index (χ1v) is 7.97. The molecule has 0 saturated carbocycles. The third kappa shape index (κ3) is 22.4. The maximum absolute atomic E-state index is 10.3. The molecule has 21 heavy (non-hydrogen) atoms. The summed E-state index contributed by atoms with van der Waals surface area (Å²) in [4.78, 5) is 10.3. The van der Waals surface area contributed by atoms with Crippen LogP contribution in [-0.2, 0) is 4.79 Å². The van der Waals surface area contributed by atoms with Gasteiger partial charge in [-0.2, -0.15) is 0 Å². The van der Waals surface area contributed by atoms with E-state index in [2.05, 4.69) is 43.4 Å². The molecule has 2 nitrogen and oxygen atoms in total. The van der Waals surface area contributed by atoms with Gasteiger partial charge in [0.05, 0.1) is 0 Å². The van der Waals surface area contributed by atoms with Gasteiger partial charge in [-0.25, -0.2) is 0 Å². The second-order valence-electron chi connectivity index (χ2n) is 5.08. The Kier molecular flexibility index (Phi) is 22.1. The molecule has 0 fully saturated rings. The van der Waals surface area contributed by atoms with Crippen LogP contribution in [0.1, 0.15) is 74.0 Å². The molecule has 0 aromatic heterocycles. The van der Waals surface area contributed by atoms with E-state index >= 15 is 0 Å². The molecule has 0 spiro atoms. The molecule has 0 aromatic carbocycles. The molecule has 3 heteroatoms. The van der Waals surface area contributed by atoms with Gasteiger partial charge in [0, 0.05) is 6.42 Å². The van der Waals surface area contributed by atoms with Gasteiger partial charge in [0.1, 0.15) is 0 Å². The number of hydrogen-bond acceptors (Lipinski definition) is 1. The molecule has 1 N–H and O–H groups in total. The summed E-state index contributed by atoms with van der Waals surface area (Å²) in [6, 6.07) is 0. The molecular formula is C18H32CaO2. The van der Waals surface area contributed by atoms with Gasteiger partial charge < -0.3 is 7.96 Å². The normalized spacial score (nSPS) is 11.5. The first-order valence-electron chi connectivity index (χ1n) is 7.97. The van der Waals surface area contributed by atoms with Gasteiger partial charge in [-0.15, -0.1) is 0 Å². The fourth-order valence-electron chi connectivity index (χ4n) is 1.87. The van der Waals surface area contributed by atoms with Crippen LogP contribution < -0.4 is 0 Å². The number of carboxylic acids is 1. The Hall–Kier alpha value is -0.0503. The molecule has 0 radical (unpaired) electrons. The van der Waals surface area contributed by atoms with Crippen LogP contribution in [0.15, 0.2) is 36.5 Å². The van der Waals surface area contributed by atoms with Crippen molar-refractivity contribution in [1.82, 2.24) is 0 Å². The van der Waals surface area contributed by atoms with Gasteiger partial charge in [0.2, 0.25) is 0 Å². The maximum Gasteiger partial charge on any atom is 2.00 e. The minimum atomic E-state index is -0.677. The smallest absolute Gasteiger partial charge is 1.00 e. The Labute approximate surface area is 163 Å². The summed E-state index contributed by atoms with van der Waals surface area (Å²) in [5.74, 6) is -0.677. The third-order valence-electron chi connectivity index (χ3n) is 3.09. The predicted molar refractivity (Wildman–Crippen MR) is 94.9 cm³/mol. The number of rotatable bonds is 13. The van der Waals surface area contributed by atoms with E-state index in [1.165, 1.54) is 32.1 Å². The average molecular weight is 321 g/mol.